The number of amides is 1. The number of carbonyl (C=O) groups excluding carboxylic acids is 1. The highest BCUT2D eigenvalue weighted by atomic mass is 35.5. The minimum Gasteiger partial charge on any atom is -0.353 e. The van der Waals surface area contributed by atoms with Crippen LogP contribution in [0.2, 0.25) is 0 Å². The van der Waals surface area contributed by atoms with Crippen LogP contribution in [0.25, 0.3) is 0 Å². The zero-order valence-corrected chi connectivity index (χ0v) is 17.1. The lowest BCUT2D eigenvalue weighted by Crippen LogP contribution is -2.48. The van der Waals surface area contributed by atoms with Gasteiger partial charge in [-0.05, 0) is 31.3 Å². The zero-order valence-electron chi connectivity index (χ0n) is 15.5. The maximum Gasteiger partial charge on any atom is 0.224 e. The molecule has 2 aliphatic heterocycles. The Bertz CT molecular complexity index is 593. The minimum atomic E-state index is -0.0343. The van der Waals surface area contributed by atoms with Crippen LogP contribution in [0, 0.1) is 11.8 Å². The molecule has 3 unspecified atom stereocenters. The van der Waals surface area contributed by atoms with Crippen LogP contribution in [0.3, 0.4) is 0 Å². The van der Waals surface area contributed by atoms with Crippen LogP contribution in [-0.4, -0.2) is 34.7 Å². The van der Waals surface area contributed by atoms with E-state index in [0.29, 0.717) is 17.9 Å². The van der Waals surface area contributed by atoms with Crippen molar-refractivity contribution in [1.29, 1.82) is 0 Å². The van der Waals surface area contributed by atoms with Crippen molar-refractivity contribution in [3.8, 4) is 0 Å². The molecule has 1 saturated heterocycles. The van der Waals surface area contributed by atoms with Gasteiger partial charge in [0, 0.05) is 18.3 Å². The molecule has 0 radical (unpaired) electrons. The smallest absolute Gasteiger partial charge is 0.224 e. The van der Waals surface area contributed by atoms with E-state index in [-0.39, 0.29) is 23.1 Å². The number of hydrogen-bond donors (Lipinski definition) is 1. The Kier molecular flexibility index (Phi) is 6.90. The van der Waals surface area contributed by atoms with Gasteiger partial charge >= 0.3 is 0 Å². The first-order valence-corrected chi connectivity index (χ1v) is 11.1. The lowest BCUT2D eigenvalue weighted by Gasteiger charge is -2.38. The lowest BCUT2D eigenvalue weighted by molar-refractivity contribution is -0.126. The van der Waals surface area contributed by atoms with Gasteiger partial charge in [0.2, 0.25) is 5.91 Å². The van der Waals surface area contributed by atoms with E-state index < -0.39 is 0 Å². The Morgan fingerprint density at radius 3 is 2.58 bits per heavy atom. The highest BCUT2D eigenvalue weighted by molar-refractivity contribution is 8.02. The van der Waals surface area contributed by atoms with Gasteiger partial charge in [-0.2, -0.15) is 0 Å². The third-order valence-electron chi connectivity index (χ3n) is 6.41. The Hall–Kier alpha value is -0.740. The summed E-state index contributed by atoms with van der Waals surface area (Å²) in [4.78, 5) is 17.9. The van der Waals surface area contributed by atoms with Gasteiger partial charge in [-0.3, -0.25) is 9.79 Å². The summed E-state index contributed by atoms with van der Waals surface area (Å²) in [5.74, 6) is 1.78. The monoisotopic (exact) mass is 394 g/mol. The summed E-state index contributed by atoms with van der Waals surface area (Å²) < 4.78 is -0.0343. The average Bonchev–Trinajstić information content (AvgIpc) is 3.06. The molecule has 0 aromatic heterocycles. The highest BCUT2D eigenvalue weighted by Gasteiger charge is 2.54. The SMILES string of the molecule is Cl.O=C(NC1CCCCCCCC1)C1CSC23C=CC=CC2=NCCC13. The number of halogens is 1. The Morgan fingerprint density at radius 1 is 1.08 bits per heavy atom. The summed E-state index contributed by atoms with van der Waals surface area (Å²) in [6.45, 7) is 0.869. The molecule has 144 valence electrons. The van der Waals surface area contributed by atoms with Crippen molar-refractivity contribution >= 4 is 35.8 Å². The fourth-order valence-corrected chi connectivity index (χ4v) is 6.80. The third kappa shape index (κ3) is 3.91. The van der Waals surface area contributed by atoms with Gasteiger partial charge in [-0.15, -0.1) is 24.2 Å². The van der Waals surface area contributed by atoms with E-state index in [0.717, 1.165) is 31.6 Å². The summed E-state index contributed by atoms with van der Waals surface area (Å²) in [7, 11) is 0. The summed E-state index contributed by atoms with van der Waals surface area (Å²) in [5.41, 5.74) is 1.19. The predicted octanol–water partition coefficient (Wildman–Crippen LogP) is 4.72. The molecular weight excluding hydrogens is 364 g/mol. The van der Waals surface area contributed by atoms with Crippen LogP contribution in [0.4, 0.5) is 0 Å². The lowest BCUT2D eigenvalue weighted by atomic mass is 9.74. The number of thioether (sulfide) groups is 1. The van der Waals surface area contributed by atoms with E-state index in [4.69, 9.17) is 4.99 Å². The average molecular weight is 395 g/mol. The van der Waals surface area contributed by atoms with Crippen LogP contribution < -0.4 is 5.32 Å². The molecule has 1 amide bonds. The number of nitrogens with zero attached hydrogens (tertiary/aromatic N) is 1. The molecule has 1 saturated carbocycles. The van der Waals surface area contributed by atoms with Gasteiger partial charge in [0.05, 0.1) is 16.4 Å². The molecule has 2 aliphatic carbocycles. The molecule has 0 aromatic carbocycles. The number of allylic oxidation sites excluding steroid dienone is 3. The fraction of sp³-hybridized carbons (Fsp3) is 0.714. The van der Waals surface area contributed by atoms with Gasteiger partial charge in [0.15, 0.2) is 0 Å². The van der Waals surface area contributed by atoms with Crippen molar-refractivity contribution in [2.24, 2.45) is 16.8 Å². The van der Waals surface area contributed by atoms with E-state index in [9.17, 15) is 4.79 Å². The van der Waals surface area contributed by atoms with Crippen LogP contribution >= 0.6 is 24.2 Å². The van der Waals surface area contributed by atoms with Crippen molar-refractivity contribution in [1.82, 2.24) is 5.32 Å². The maximum atomic E-state index is 13.1. The van der Waals surface area contributed by atoms with Crippen LogP contribution in [0.1, 0.15) is 57.8 Å². The number of hydrogen-bond acceptors (Lipinski definition) is 3. The van der Waals surface area contributed by atoms with Gasteiger partial charge in [0.25, 0.3) is 0 Å². The van der Waals surface area contributed by atoms with E-state index in [1.807, 2.05) is 11.8 Å². The summed E-state index contributed by atoms with van der Waals surface area (Å²) in [5, 5.41) is 3.45. The quantitative estimate of drug-likeness (QED) is 0.736. The van der Waals surface area contributed by atoms with E-state index in [1.165, 1.54) is 44.2 Å². The first-order chi connectivity index (χ1) is 12.3. The standard InChI is InChI=1S/C21H30N2OS.ClH/c24-20(23-16-9-5-3-1-2-4-6-10-16)17-15-25-21-13-8-7-11-19(21)22-14-12-18(17)21;/h7-8,11,13,16-18H,1-6,9-10,12,14-15H2,(H,23,24);1H. The van der Waals surface area contributed by atoms with Crippen LogP contribution in [-0.2, 0) is 4.79 Å². The molecule has 2 fully saturated rings. The first kappa shape index (κ1) is 20.0. The van der Waals surface area contributed by atoms with Crippen molar-refractivity contribution in [3.63, 3.8) is 0 Å². The number of rotatable bonds is 2. The third-order valence-corrected chi connectivity index (χ3v) is 8.06. The summed E-state index contributed by atoms with van der Waals surface area (Å²) in [6, 6.07) is 0.394. The predicted molar refractivity (Wildman–Crippen MR) is 113 cm³/mol. The second-order valence-electron chi connectivity index (χ2n) is 8.00. The summed E-state index contributed by atoms with van der Waals surface area (Å²) >= 11 is 1.94. The molecule has 3 atom stereocenters. The molecule has 2 heterocycles. The molecule has 26 heavy (non-hydrogen) atoms. The minimum absolute atomic E-state index is 0. The number of carbonyl (C=O) groups is 1. The van der Waals surface area contributed by atoms with Gasteiger partial charge in [-0.25, -0.2) is 0 Å². The second-order valence-corrected chi connectivity index (χ2v) is 9.29. The topological polar surface area (TPSA) is 41.5 Å². The maximum absolute atomic E-state index is 13.1. The molecule has 0 aromatic rings. The van der Waals surface area contributed by atoms with Gasteiger partial charge in [-0.1, -0.05) is 56.8 Å². The Labute approximate surface area is 168 Å². The van der Waals surface area contributed by atoms with Gasteiger partial charge in [0.1, 0.15) is 0 Å². The fourth-order valence-electron chi connectivity index (χ4n) is 5.01. The first-order valence-electron chi connectivity index (χ1n) is 10.1. The largest absolute Gasteiger partial charge is 0.353 e. The molecule has 3 nitrogen and oxygen atoms in total. The molecule has 0 bridgehead atoms. The van der Waals surface area contributed by atoms with Crippen molar-refractivity contribution in [3.05, 3.63) is 24.3 Å². The molecule has 4 aliphatic rings. The highest BCUT2D eigenvalue weighted by Crippen LogP contribution is 2.52. The number of nitrogens with one attached hydrogen (secondary N) is 1. The van der Waals surface area contributed by atoms with Gasteiger partial charge < -0.3 is 5.32 Å². The van der Waals surface area contributed by atoms with Crippen molar-refractivity contribution in [2.75, 3.05) is 12.3 Å². The van der Waals surface area contributed by atoms with Crippen molar-refractivity contribution < 1.29 is 4.79 Å². The number of aliphatic imine (C=N–C) groups is 1. The van der Waals surface area contributed by atoms with Crippen molar-refractivity contribution in [2.45, 2.75) is 68.6 Å². The Balaban J connectivity index is 0.00000196. The molecule has 4 rings (SSSR count). The Morgan fingerprint density at radius 2 is 1.81 bits per heavy atom. The molecular formula is C21H31ClN2OS. The second kappa shape index (κ2) is 8.97. The summed E-state index contributed by atoms with van der Waals surface area (Å²) in [6.07, 6.45) is 20.0. The van der Waals surface area contributed by atoms with Crippen LogP contribution in [0.15, 0.2) is 29.3 Å². The molecule has 1 N–H and O–H groups in total. The van der Waals surface area contributed by atoms with E-state index in [2.05, 4.69) is 29.6 Å². The van der Waals surface area contributed by atoms with Crippen LogP contribution in [0.5, 0.6) is 0 Å². The normalized spacial score (nSPS) is 34.4. The molecule has 5 heteroatoms. The zero-order chi connectivity index (χ0) is 17.1. The van der Waals surface area contributed by atoms with E-state index in [1.54, 1.807) is 0 Å². The van der Waals surface area contributed by atoms with E-state index >= 15 is 0 Å². The molecule has 1 spiro atoms.